The standard InChI is InChI=1S/C24H27ClN4O5S/c1-16-8-9-20(17(2)14-16)35(33,34)28-12-10-27(11-13-28)21(30)15-29-22(31)24(3,26-23(29)32)18-6-4-5-7-19(18)25/h4-9,14H,10-13,15H2,1-3H3,(H,26,32)/t24-/m0/s1. The van der Waals surface area contributed by atoms with Crippen LogP contribution < -0.4 is 5.32 Å². The molecule has 11 heteroatoms. The number of amides is 4. The van der Waals surface area contributed by atoms with Crippen molar-refractivity contribution in [3.8, 4) is 0 Å². The highest BCUT2D eigenvalue weighted by Crippen LogP contribution is 2.33. The molecule has 4 rings (SSSR count). The van der Waals surface area contributed by atoms with E-state index in [0.717, 1.165) is 10.5 Å². The van der Waals surface area contributed by atoms with Crippen LogP contribution in [0.5, 0.6) is 0 Å². The minimum absolute atomic E-state index is 0.124. The number of hydrogen-bond donors (Lipinski definition) is 1. The zero-order valence-electron chi connectivity index (χ0n) is 19.7. The van der Waals surface area contributed by atoms with Crippen LogP contribution in [0.1, 0.15) is 23.6 Å². The third-order valence-electron chi connectivity index (χ3n) is 6.52. The number of urea groups is 1. The van der Waals surface area contributed by atoms with Gasteiger partial charge < -0.3 is 10.2 Å². The molecule has 2 saturated heterocycles. The van der Waals surface area contributed by atoms with Gasteiger partial charge in [-0.05, 0) is 38.5 Å². The van der Waals surface area contributed by atoms with E-state index < -0.39 is 40.0 Å². The predicted octanol–water partition coefficient (Wildman–Crippen LogP) is 2.26. The maximum atomic E-state index is 13.1. The molecule has 0 bridgehead atoms. The van der Waals surface area contributed by atoms with Crippen molar-refractivity contribution in [2.45, 2.75) is 31.2 Å². The van der Waals surface area contributed by atoms with E-state index in [9.17, 15) is 22.8 Å². The smallest absolute Gasteiger partial charge is 0.325 e. The van der Waals surface area contributed by atoms with Gasteiger partial charge in [-0.2, -0.15) is 4.31 Å². The van der Waals surface area contributed by atoms with E-state index in [4.69, 9.17) is 11.6 Å². The number of carbonyl (C=O) groups is 3. The van der Waals surface area contributed by atoms with Gasteiger partial charge in [0.05, 0.1) is 4.90 Å². The second kappa shape index (κ2) is 9.25. The Morgan fingerprint density at radius 2 is 1.71 bits per heavy atom. The Kier molecular flexibility index (Phi) is 6.65. The van der Waals surface area contributed by atoms with Crippen LogP contribution in [0.4, 0.5) is 4.79 Å². The summed E-state index contributed by atoms with van der Waals surface area (Å²) in [6.07, 6.45) is 0. The number of hydrogen-bond acceptors (Lipinski definition) is 5. The van der Waals surface area contributed by atoms with Gasteiger partial charge in [-0.1, -0.05) is 47.5 Å². The Balaban J connectivity index is 1.42. The normalized spacial score (nSPS) is 21.4. The van der Waals surface area contributed by atoms with Gasteiger partial charge in [-0.25, -0.2) is 13.2 Å². The van der Waals surface area contributed by atoms with Crippen LogP contribution in [-0.2, 0) is 25.2 Å². The summed E-state index contributed by atoms with van der Waals surface area (Å²) in [4.78, 5) is 41.3. The second-order valence-electron chi connectivity index (χ2n) is 8.98. The molecule has 2 heterocycles. The number of nitrogens with zero attached hydrogens (tertiary/aromatic N) is 3. The number of sulfonamides is 1. The Morgan fingerprint density at radius 1 is 1.06 bits per heavy atom. The summed E-state index contributed by atoms with van der Waals surface area (Å²) < 4.78 is 27.6. The van der Waals surface area contributed by atoms with Crippen molar-refractivity contribution in [3.63, 3.8) is 0 Å². The fourth-order valence-electron chi connectivity index (χ4n) is 4.53. The second-order valence-corrected chi connectivity index (χ2v) is 11.3. The molecule has 0 radical (unpaired) electrons. The number of aryl methyl sites for hydroxylation is 2. The molecule has 2 fully saturated rings. The van der Waals surface area contributed by atoms with Gasteiger partial charge >= 0.3 is 6.03 Å². The van der Waals surface area contributed by atoms with E-state index in [1.807, 2.05) is 13.0 Å². The van der Waals surface area contributed by atoms with Crippen molar-refractivity contribution in [2.24, 2.45) is 0 Å². The molecule has 0 saturated carbocycles. The summed E-state index contributed by atoms with van der Waals surface area (Å²) >= 11 is 6.24. The van der Waals surface area contributed by atoms with E-state index in [2.05, 4.69) is 5.32 Å². The third kappa shape index (κ3) is 4.53. The van der Waals surface area contributed by atoms with E-state index >= 15 is 0 Å². The number of carbonyl (C=O) groups excluding carboxylic acids is 3. The minimum atomic E-state index is -3.69. The van der Waals surface area contributed by atoms with Gasteiger partial charge in [0.25, 0.3) is 5.91 Å². The molecule has 35 heavy (non-hydrogen) atoms. The predicted molar refractivity (Wildman–Crippen MR) is 130 cm³/mol. The quantitative estimate of drug-likeness (QED) is 0.611. The number of benzene rings is 2. The number of rotatable bonds is 5. The van der Waals surface area contributed by atoms with Gasteiger partial charge in [0, 0.05) is 36.8 Å². The van der Waals surface area contributed by atoms with E-state index in [-0.39, 0.29) is 31.1 Å². The van der Waals surface area contributed by atoms with Crippen LogP contribution in [-0.4, -0.2) is 73.1 Å². The lowest BCUT2D eigenvalue weighted by Gasteiger charge is -2.34. The minimum Gasteiger partial charge on any atom is -0.338 e. The van der Waals surface area contributed by atoms with Crippen molar-refractivity contribution < 1.29 is 22.8 Å². The Morgan fingerprint density at radius 3 is 2.34 bits per heavy atom. The number of nitrogens with one attached hydrogen (secondary N) is 1. The zero-order chi connectivity index (χ0) is 25.5. The van der Waals surface area contributed by atoms with Crippen LogP contribution in [0, 0.1) is 13.8 Å². The Labute approximate surface area is 209 Å². The molecular weight excluding hydrogens is 492 g/mol. The first-order valence-corrected chi connectivity index (χ1v) is 13.0. The Hall–Kier alpha value is -2.95. The summed E-state index contributed by atoms with van der Waals surface area (Å²) in [5, 5.41) is 2.98. The topological polar surface area (TPSA) is 107 Å². The first-order chi connectivity index (χ1) is 16.4. The molecule has 2 aliphatic heterocycles. The first-order valence-electron chi connectivity index (χ1n) is 11.2. The molecule has 2 aliphatic rings. The largest absolute Gasteiger partial charge is 0.338 e. The molecule has 0 aliphatic carbocycles. The zero-order valence-corrected chi connectivity index (χ0v) is 21.3. The van der Waals surface area contributed by atoms with Crippen molar-refractivity contribution in [2.75, 3.05) is 32.7 Å². The summed E-state index contributed by atoms with van der Waals surface area (Å²) in [6.45, 7) is 5.34. The van der Waals surface area contributed by atoms with E-state index in [1.165, 1.54) is 9.21 Å². The highest BCUT2D eigenvalue weighted by atomic mass is 35.5. The fourth-order valence-corrected chi connectivity index (χ4v) is 6.48. The summed E-state index contributed by atoms with van der Waals surface area (Å²) in [6, 6.07) is 11.2. The molecule has 0 unspecified atom stereocenters. The Bertz CT molecular complexity index is 1310. The molecule has 4 amide bonds. The van der Waals surface area contributed by atoms with Gasteiger partial charge in [-0.3, -0.25) is 14.5 Å². The number of halogens is 1. The molecule has 0 spiro atoms. The molecule has 1 atom stereocenters. The van der Waals surface area contributed by atoms with Crippen LogP contribution in [0.25, 0.3) is 0 Å². The van der Waals surface area contributed by atoms with Gasteiger partial charge in [0.1, 0.15) is 12.1 Å². The SMILES string of the molecule is Cc1ccc(S(=O)(=O)N2CCN(C(=O)CN3C(=O)N[C@@](C)(c4ccccc4Cl)C3=O)CC2)c(C)c1. The van der Waals surface area contributed by atoms with Crippen molar-refractivity contribution in [3.05, 3.63) is 64.2 Å². The highest BCUT2D eigenvalue weighted by Gasteiger charge is 2.50. The molecular formula is C24H27ClN4O5S. The van der Waals surface area contributed by atoms with Crippen LogP contribution in [0.15, 0.2) is 47.4 Å². The maximum Gasteiger partial charge on any atom is 0.325 e. The first kappa shape index (κ1) is 25.2. The van der Waals surface area contributed by atoms with Crippen LogP contribution in [0.3, 0.4) is 0 Å². The van der Waals surface area contributed by atoms with Gasteiger partial charge in [0.15, 0.2) is 0 Å². The summed E-state index contributed by atoms with van der Waals surface area (Å²) in [5.74, 6) is -1.000. The monoisotopic (exact) mass is 518 g/mol. The van der Waals surface area contributed by atoms with Crippen molar-refractivity contribution in [1.29, 1.82) is 0 Å². The van der Waals surface area contributed by atoms with Crippen LogP contribution in [0.2, 0.25) is 5.02 Å². The number of piperazine rings is 1. The lowest BCUT2D eigenvalue weighted by Crippen LogP contribution is -2.53. The molecule has 1 N–H and O–H groups in total. The van der Waals surface area contributed by atoms with Crippen molar-refractivity contribution in [1.82, 2.24) is 19.4 Å². The highest BCUT2D eigenvalue weighted by molar-refractivity contribution is 7.89. The average Bonchev–Trinajstić information content (AvgIpc) is 3.02. The molecule has 186 valence electrons. The molecule has 2 aromatic carbocycles. The maximum absolute atomic E-state index is 13.1. The number of imide groups is 1. The van der Waals surface area contributed by atoms with Crippen LogP contribution >= 0.6 is 11.6 Å². The molecule has 2 aromatic rings. The molecule has 9 nitrogen and oxygen atoms in total. The third-order valence-corrected chi connectivity index (χ3v) is 8.91. The van der Waals surface area contributed by atoms with Gasteiger partial charge in [0.2, 0.25) is 15.9 Å². The molecule has 0 aromatic heterocycles. The lowest BCUT2D eigenvalue weighted by molar-refractivity contribution is -0.139. The van der Waals surface area contributed by atoms with E-state index in [1.54, 1.807) is 50.2 Å². The van der Waals surface area contributed by atoms with E-state index in [0.29, 0.717) is 16.1 Å². The van der Waals surface area contributed by atoms with Crippen molar-refractivity contribution >= 4 is 39.5 Å². The lowest BCUT2D eigenvalue weighted by atomic mass is 9.92. The summed E-state index contributed by atoms with van der Waals surface area (Å²) in [7, 11) is -3.69. The average molecular weight is 519 g/mol. The fraction of sp³-hybridized carbons (Fsp3) is 0.375. The summed E-state index contributed by atoms with van der Waals surface area (Å²) in [5.41, 5.74) is 0.709. The van der Waals surface area contributed by atoms with Gasteiger partial charge in [-0.15, -0.1) is 0 Å².